The Morgan fingerprint density at radius 2 is 2.47 bits per heavy atom. The van der Waals surface area contributed by atoms with Gasteiger partial charge in [-0.05, 0) is 6.07 Å². The summed E-state index contributed by atoms with van der Waals surface area (Å²) in [7, 11) is 0. The van der Waals surface area contributed by atoms with E-state index in [2.05, 4.69) is 9.97 Å². The minimum Gasteiger partial charge on any atom is -0.481 e. The number of aromatic nitrogens is 2. The van der Waals surface area contributed by atoms with E-state index in [1.165, 1.54) is 11.3 Å². The summed E-state index contributed by atoms with van der Waals surface area (Å²) in [6, 6.07) is 1.94. The highest BCUT2D eigenvalue weighted by atomic mass is 32.1. The molecule has 2 heterocycles. The Bertz CT molecular complexity index is 448. The lowest BCUT2D eigenvalue weighted by molar-refractivity contribution is -0.136. The van der Waals surface area contributed by atoms with Crippen LogP contribution in [0.15, 0.2) is 23.8 Å². The molecule has 0 aromatic carbocycles. The van der Waals surface area contributed by atoms with Gasteiger partial charge in [-0.3, -0.25) is 4.79 Å². The van der Waals surface area contributed by atoms with E-state index in [0.717, 1.165) is 16.3 Å². The Labute approximate surface area is 90.6 Å². The first-order valence-electron chi connectivity index (χ1n) is 4.55. The molecular formula is C10H10N2O2S. The van der Waals surface area contributed by atoms with E-state index >= 15 is 0 Å². The van der Waals surface area contributed by atoms with Crippen LogP contribution in [0.2, 0.25) is 0 Å². The second kappa shape index (κ2) is 4.27. The third-order valence-electron chi connectivity index (χ3n) is 2.00. The fraction of sp³-hybridized carbons (Fsp3) is 0.200. The van der Waals surface area contributed by atoms with Gasteiger partial charge in [0.25, 0.3) is 0 Å². The van der Waals surface area contributed by atoms with Crippen molar-refractivity contribution in [2.45, 2.75) is 12.8 Å². The molecule has 0 saturated carbocycles. The molecule has 0 aliphatic rings. The fourth-order valence-corrected chi connectivity index (χ4v) is 2.06. The molecule has 2 aromatic heterocycles. The number of carboxylic acid groups (broad SMARTS) is 1. The van der Waals surface area contributed by atoms with Gasteiger partial charge in [-0.15, -0.1) is 11.3 Å². The smallest absolute Gasteiger partial charge is 0.303 e. The van der Waals surface area contributed by atoms with Crippen LogP contribution in [-0.4, -0.2) is 21.0 Å². The standard InChI is InChI=1S/C10H10N2O2S/c13-10(14)2-1-9-12-8(6-15-9)7-3-4-11-5-7/h3-6,11H,1-2H2,(H,13,14). The van der Waals surface area contributed by atoms with Crippen molar-refractivity contribution in [3.8, 4) is 11.3 Å². The molecule has 2 aromatic rings. The van der Waals surface area contributed by atoms with Gasteiger partial charge in [0.05, 0.1) is 17.1 Å². The second-order valence-corrected chi connectivity index (χ2v) is 4.06. The maximum absolute atomic E-state index is 10.4. The first-order chi connectivity index (χ1) is 7.25. The predicted octanol–water partition coefficient (Wildman–Crippen LogP) is 2.16. The van der Waals surface area contributed by atoms with Gasteiger partial charge < -0.3 is 10.1 Å². The number of hydrogen-bond donors (Lipinski definition) is 2. The van der Waals surface area contributed by atoms with Crippen molar-refractivity contribution in [1.82, 2.24) is 9.97 Å². The average molecular weight is 222 g/mol. The van der Waals surface area contributed by atoms with Crippen molar-refractivity contribution in [2.75, 3.05) is 0 Å². The maximum atomic E-state index is 10.4. The average Bonchev–Trinajstić information content (AvgIpc) is 2.85. The molecule has 15 heavy (non-hydrogen) atoms. The van der Waals surface area contributed by atoms with E-state index in [4.69, 9.17) is 5.11 Å². The molecule has 0 fully saturated rings. The summed E-state index contributed by atoms with van der Waals surface area (Å²) in [5.41, 5.74) is 1.94. The molecule has 5 heteroatoms. The molecule has 0 radical (unpaired) electrons. The summed E-state index contributed by atoms with van der Waals surface area (Å²) >= 11 is 1.50. The Hall–Kier alpha value is -1.62. The van der Waals surface area contributed by atoms with Crippen LogP contribution >= 0.6 is 11.3 Å². The lowest BCUT2D eigenvalue weighted by Crippen LogP contribution is -1.96. The number of hydrogen-bond acceptors (Lipinski definition) is 3. The molecule has 78 valence electrons. The number of rotatable bonds is 4. The molecule has 0 bridgehead atoms. The molecule has 0 unspecified atom stereocenters. The van der Waals surface area contributed by atoms with Crippen molar-refractivity contribution in [3.63, 3.8) is 0 Å². The summed E-state index contributed by atoms with van der Waals surface area (Å²) in [6.45, 7) is 0. The molecule has 0 aliphatic heterocycles. The van der Waals surface area contributed by atoms with Crippen molar-refractivity contribution in [2.24, 2.45) is 0 Å². The number of carboxylic acids is 1. The first kappa shape index (κ1) is 9.92. The molecule has 0 amide bonds. The first-order valence-corrected chi connectivity index (χ1v) is 5.43. The molecule has 2 rings (SSSR count). The minimum atomic E-state index is -0.784. The maximum Gasteiger partial charge on any atom is 0.303 e. The highest BCUT2D eigenvalue weighted by molar-refractivity contribution is 7.09. The SMILES string of the molecule is O=C(O)CCc1nc(-c2cc[nH]c2)cs1. The normalized spacial score (nSPS) is 10.4. The topological polar surface area (TPSA) is 66.0 Å². The quantitative estimate of drug-likeness (QED) is 0.833. The number of carbonyl (C=O) groups is 1. The largest absolute Gasteiger partial charge is 0.481 e. The van der Waals surface area contributed by atoms with Gasteiger partial charge in [0.15, 0.2) is 0 Å². The monoisotopic (exact) mass is 222 g/mol. The van der Waals surface area contributed by atoms with Crippen molar-refractivity contribution in [3.05, 3.63) is 28.8 Å². The van der Waals surface area contributed by atoms with Crippen LogP contribution in [0.25, 0.3) is 11.3 Å². The molecule has 2 N–H and O–H groups in total. The fourth-order valence-electron chi connectivity index (χ4n) is 1.26. The number of aryl methyl sites for hydroxylation is 1. The summed E-state index contributed by atoms with van der Waals surface area (Å²) in [6.07, 6.45) is 4.35. The molecule has 0 saturated heterocycles. The lowest BCUT2D eigenvalue weighted by Gasteiger charge is -1.91. The van der Waals surface area contributed by atoms with Crippen LogP contribution in [0.4, 0.5) is 0 Å². The van der Waals surface area contributed by atoms with Crippen LogP contribution < -0.4 is 0 Å². The van der Waals surface area contributed by atoms with Gasteiger partial charge in [-0.25, -0.2) is 4.98 Å². The van der Waals surface area contributed by atoms with Gasteiger partial charge in [-0.1, -0.05) is 0 Å². The van der Waals surface area contributed by atoms with E-state index in [-0.39, 0.29) is 6.42 Å². The van der Waals surface area contributed by atoms with Gasteiger partial charge in [0.1, 0.15) is 0 Å². The van der Waals surface area contributed by atoms with Crippen molar-refractivity contribution >= 4 is 17.3 Å². The van der Waals surface area contributed by atoms with Gasteiger partial charge in [0, 0.05) is 29.8 Å². The predicted molar refractivity (Wildman–Crippen MR) is 57.9 cm³/mol. The molecule has 0 spiro atoms. The van der Waals surface area contributed by atoms with Crippen LogP contribution in [0, 0.1) is 0 Å². The number of aliphatic carboxylic acids is 1. The Kier molecular flexibility index (Phi) is 2.82. The Balaban J connectivity index is 2.08. The van der Waals surface area contributed by atoms with Gasteiger partial charge in [0.2, 0.25) is 0 Å². The molecule has 4 nitrogen and oxygen atoms in total. The van der Waals surface area contributed by atoms with Gasteiger partial charge in [-0.2, -0.15) is 0 Å². The van der Waals surface area contributed by atoms with Crippen LogP contribution in [0.3, 0.4) is 0 Å². The van der Waals surface area contributed by atoms with Crippen LogP contribution in [-0.2, 0) is 11.2 Å². The third-order valence-corrected chi connectivity index (χ3v) is 2.91. The van der Waals surface area contributed by atoms with Crippen molar-refractivity contribution in [1.29, 1.82) is 0 Å². The Morgan fingerprint density at radius 1 is 1.60 bits per heavy atom. The summed E-state index contributed by atoms with van der Waals surface area (Å²) < 4.78 is 0. The second-order valence-electron chi connectivity index (χ2n) is 3.12. The third kappa shape index (κ3) is 2.44. The minimum absolute atomic E-state index is 0.139. The van der Waals surface area contributed by atoms with E-state index in [1.807, 2.05) is 23.8 Å². The summed E-state index contributed by atoms with van der Waals surface area (Å²) in [4.78, 5) is 17.7. The van der Waals surface area contributed by atoms with Gasteiger partial charge >= 0.3 is 5.97 Å². The molecule has 0 atom stereocenters. The highest BCUT2D eigenvalue weighted by Gasteiger charge is 2.06. The van der Waals surface area contributed by atoms with Crippen molar-refractivity contribution < 1.29 is 9.90 Å². The van der Waals surface area contributed by atoms with Crippen LogP contribution in [0.1, 0.15) is 11.4 Å². The van der Waals surface area contributed by atoms with E-state index in [0.29, 0.717) is 6.42 Å². The molecule has 0 aliphatic carbocycles. The zero-order valence-corrected chi connectivity index (χ0v) is 8.75. The number of nitrogens with one attached hydrogen (secondary N) is 1. The van der Waals surface area contributed by atoms with E-state index < -0.39 is 5.97 Å². The number of aromatic amines is 1. The summed E-state index contributed by atoms with van der Waals surface area (Å²) in [5, 5.41) is 11.4. The number of nitrogens with zero attached hydrogens (tertiary/aromatic N) is 1. The zero-order chi connectivity index (χ0) is 10.7. The van der Waals surface area contributed by atoms with E-state index in [9.17, 15) is 4.79 Å². The highest BCUT2D eigenvalue weighted by Crippen LogP contribution is 2.21. The lowest BCUT2D eigenvalue weighted by atomic mass is 10.3. The molecular weight excluding hydrogens is 212 g/mol. The number of H-pyrrole nitrogens is 1. The Morgan fingerprint density at radius 3 is 3.13 bits per heavy atom. The van der Waals surface area contributed by atoms with E-state index in [1.54, 1.807) is 0 Å². The summed E-state index contributed by atoms with van der Waals surface area (Å²) in [5.74, 6) is -0.784. The zero-order valence-electron chi connectivity index (χ0n) is 7.93. The number of thiazole rings is 1. The van der Waals surface area contributed by atoms with Crippen LogP contribution in [0.5, 0.6) is 0 Å².